The number of carbonyl (C=O) groups excluding carboxylic acids is 1. The molecule has 0 aromatic carbocycles. The highest BCUT2D eigenvalue weighted by atomic mass is 16.3. The van der Waals surface area contributed by atoms with Gasteiger partial charge in [-0.25, -0.2) is 0 Å². The van der Waals surface area contributed by atoms with Crippen molar-refractivity contribution in [3.63, 3.8) is 0 Å². The lowest BCUT2D eigenvalue weighted by Crippen LogP contribution is -2.67. The molecule has 0 saturated heterocycles. The Labute approximate surface area is 191 Å². The molecule has 0 aromatic heterocycles. The van der Waals surface area contributed by atoms with Crippen molar-refractivity contribution in [1.29, 1.82) is 0 Å². The summed E-state index contributed by atoms with van der Waals surface area (Å²) in [5, 5.41) is 11.0. The lowest BCUT2D eigenvalue weighted by molar-refractivity contribution is -0.241. The lowest BCUT2D eigenvalue weighted by Gasteiger charge is -2.73. The topological polar surface area (TPSA) is 37.3 Å². The van der Waals surface area contributed by atoms with Crippen molar-refractivity contribution < 1.29 is 9.90 Å². The zero-order valence-electron chi connectivity index (χ0n) is 21.4. The summed E-state index contributed by atoms with van der Waals surface area (Å²) in [5.74, 6) is 2.31. The first-order valence-electron chi connectivity index (χ1n) is 13.5. The smallest absolute Gasteiger partial charge is 0.167 e. The first kappa shape index (κ1) is 22.4. The van der Waals surface area contributed by atoms with Crippen LogP contribution in [0, 0.1) is 50.7 Å². The summed E-state index contributed by atoms with van der Waals surface area (Å²) in [6, 6.07) is 0. The van der Waals surface area contributed by atoms with Crippen LogP contribution < -0.4 is 0 Å². The van der Waals surface area contributed by atoms with Crippen molar-refractivity contribution in [2.24, 2.45) is 50.7 Å². The predicted octanol–water partition coefficient (Wildman–Crippen LogP) is 7.18. The fourth-order valence-electron chi connectivity index (χ4n) is 11.0. The van der Waals surface area contributed by atoms with E-state index in [4.69, 9.17) is 0 Å². The highest BCUT2D eigenvalue weighted by Crippen LogP contribution is 2.76. The maximum Gasteiger partial charge on any atom is 0.167 e. The van der Waals surface area contributed by atoms with E-state index in [1.54, 1.807) is 6.92 Å². The van der Waals surface area contributed by atoms with Crippen LogP contribution in [-0.4, -0.2) is 16.5 Å². The first-order valence-corrected chi connectivity index (χ1v) is 13.5. The van der Waals surface area contributed by atoms with Crippen LogP contribution in [0.5, 0.6) is 0 Å². The van der Waals surface area contributed by atoms with Gasteiger partial charge in [0, 0.05) is 5.92 Å². The second kappa shape index (κ2) is 6.39. The van der Waals surface area contributed by atoms with E-state index in [-0.39, 0.29) is 22.5 Å². The van der Waals surface area contributed by atoms with Gasteiger partial charge in [-0.05, 0) is 116 Å². The molecule has 5 saturated carbocycles. The van der Waals surface area contributed by atoms with Crippen molar-refractivity contribution in [2.45, 2.75) is 125 Å². The number of hydrogen-bond acceptors (Lipinski definition) is 2. The highest BCUT2D eigenvalue weighted by molar-refractivity contribution is 5.90. The third-order valence-electron chi connectivity index (χ3n) is 13.0. The second-order valence-corrected chi connectivity index (χ2v) is 14.8. The zero-order chi connectivity index (χ0) is 22.7. The van der Waals surface area contributed by atoms with E-state index in [0.29, 0.717) is 28.6 Å². The molecule has 9 unspecified atom stereocenters. The minimum absolute atomic E-state index is 0.0566. The molecule has 0 amide bonds. The molecule has 5 aliphatic rings. The SMILES string of the molecule is CC1(O)CCC2(C)CCC3(C)C(CCC4C5(C)CCCC(C)(C)C5CCC43C)C2C1=O. The molecule has 9 atom stereocenters. The largest absolute Gasteiger partial charge is 0.382 e. The molecular formula is C29H48O2. The van der Waals surface area contributed by atoms with E-state index in [1.807, 2.05) is 0 Å². The van der Waals surface area contributed by atoms with Crippen LogP contribution in [0.25, 0.3) is 0 Å². The number of carbonyl (C=O) groups is 1. The number of fused-ring (bicyclic) bond motifs is 7. The number of Topliss-reactive ketones (excluding diaryl/α,β-unsaturated/α-hetero) is 1. The quantitative estimate of drug-likeness (QED) is 0.443. The second-order valence-electron chi connectivity index (χ2n) is 14.8. The molecule has 31 heavy (non-hydrogen) atoms. The van der Waals surface area contributed by atoms with E-state index in [9.17, 15) is 9.90 Å². The Kier molecular flexibility index (Phi) is 4.63. The molecule has 0 radical (unpaired) electrons. The van der Waals surface area contributed by atoms with Crippen LogP contribution in [0.15, 0.2) is 0 Å². The Morgan fingerprint density at radius 1 is 0.710 bits per heavy atom. The van der Waals surface area contributed by atoms with Gasteiger partial charge in [-0.3, -0.25) is 4.79 Å². The van der Waals surface area contributed by atoms with E-state index in [0.717, 1.165) is 18.3 Å². The summed E-state index contributed by atoms with van der Waals surface area (Å²) in [6.07, 6.45) is 13.5. The summed E-state index contributed by atoms with van der Waals surface area (Å²) < 4.78 is 0. The van der Waals surface area contributed by atoms with Gasteiger partial charge < -0.3 is 5.11 Å². The molecule has 2 nitrogen and oxygen atoms in total. The molecule has 5 rings (SSSR count). The third-order valence-corrected chi connectivity index (χ3v) is 13.0. The number of hydrogen-bond donors (Lipinski definition) is 1. The lowest BCUT2D eigenvalue weighted by atomic mass is 9.32. The maximum absolute atomic E-state index is 13.7. The van der Waals surface area contributed by atoms with Crippen LogP contribution in [0.3, 0.4) is 0 Å². The molecule has 0 aliphatic heterocycles. The van der Waals surface area contributed by atoms with Gasteiger partial charge >= 0.3 is 0 Å². The van der Waals surface area contributed by atoms with Crippen molar-refractivity contribution >= 4 is 5.78 Å². The molecule has 0 heterocycles. The van der Waals surface area contributed by atoms with Gasteiger partial charge in [-0.1, -0.05) is 48.0 Å². The fourth-order valence-corrected chi connectivity index (χ4v) is 11.0. The number of rotatable bonds is 0. The molecule has 5 fully saturated rings. The standard InChI is InChI=1S/C29H48O2/c1-24(2)12-8-13-26(4)20(24)11-14-28(6)21(26)10-9-19-22-23(30)29(7,31)18-16-25(22,3)15-17-27(19,28)5/h19-22,31H,8-18H2,1-7H3. The Bertz CT molecular complexity index is 782. The molecule has 0 bridgehead atoms. The van der Waals surface area contributed by atoms with Gasteiger partial charge in [0.2, 0.25) is 0 Å². The van der Waals surface area contributed by atoms with Gasteiger partial charge in [0.05, 0.1) is 0 Å². The number of ketones is 1. The minimum atomic E-state index is -1.11. The molecule has 2 heteroatoms. The summed E-state index contributed by atoms with van der Waals surface area (Å²) in [7, 11) is 0. The van der Waals surface area contributed by atoms with Crippen LogP contribution in [0.2, 0.25) is 0 Å². The van der Waals surface area contributed by atoms with Gasteiger partial charge in [0.15, 0.2) is 5.78 Å². The summed E-state index contributed by atoms with van der Waals surface area (Å²) >= 11 is 0. The molecule has 176 valence electrons. The molecule has 0 spiro atoms. The number of aliphatic hydroxyl groups is 1. The van der Waals surface area contributed by atoms with Gasteiger partial charge in [0.25, 0.3) is 0 Å². The van der Waals surface area contributed by atoms with Crippen LogP contribution in [0.1, 0.15) is 119 Å². The van der Waals surface area contributed by atoms with Crippen molar-refractivity contribution in [3.05, 3.63) is 0 Å². The maximum atomic E-state index is 13.7. The molecular weight excluding hydrogens is 380 g/mol. The van der Waals surface area contributed by atoms with Crippen molar-refractivity contribution in [1.82, 2.24) is 0 Å². The van der Waals surface area contributed by atoms with Gasteiger partial charge in [0.1, 0.15) is 5.60 Å². The van der Waals surface area contributed by atoms with Crippen molar-refractivity contribution in [3.8, 4) is 0 Å². The summed E-state index contributed by atoms with van der Waals surface area (Å²) in [5.41, 5.74) is 0.441. The monoisotopic (exact) mass is 428 g/mol. The van der Waals surface area contributed by atoms with E-state index < -0.39 is 5.60 Å². The Morgan fingerprint density at radius 2 is 1.39 bits per heavy atom. The summed E-state index contributed by atoms with van der Waals surface area (Å²) in [6.45, 7) is 17.1. The fraction of sp³-hybridized carbons (Fsp3) is 0.966. The first-order chi connectivity index (χ1) is 14.2. The van der Waals surface area contributed by atoms with Crippen LogP contribution in [0.4, 0.5) is 0 Å². The van der Waals surface area contributed by atoms with E-state index in [1.165, 1.54) is 57.8 Å². The normalized spacial score (nSPS) is 58.5. The van der Waals surface area contributed by atoms with Gasteiger partial charge in [-0.2, -0.15) is 0 Å². The molecule has 0 aromatic rings. The third kappa shape index (κ3) is 2.69. The average Bonchev–Trinajstić information content (AvgIpc) is 2.66. The average molecular weight is 429 g/mol. The van der Waals surface area contributed by atoms with E-state index in [2.05, 4.69) is 41.5 Å². The molecule has 1 N–H and O–H groups in total. The zero-order valence-corrected chi connectivity index (χ0v) is 21.4. The highest BCUT2D eigenvalue weighted by Gasteiger charge is 2.70. The summed E-state index contributed by atoms with van der Waals surface area (Å²) in [4.78, 5) is 13.7. The molecule has 5 aliphatic carbocycles. The Balaban J connectivity index is 1.56. The van der Waals surface area contributed by atoms with Gasteiger partial charge in [-0.15, -0.1) is 0 Å². The Morgan fingerprint density at radius 3 is 2.10 bits per heavy atom. The minimum Gasteiger partial charge on any atom is -0.382 e. The van der Waals surface area contributed by atoms with Crippen LogP contribution >= 0.6 is 0 Å². The Hall–Kier alpha value is -0.370. The van der Waals surface area contributed by atoms with Crippen LogP contribution in [-0.2, 0) is 4.79 Å². The van der Waals surface area contributed by atoms with Crippen molar-refractivity contribution in [2.75, 3.05) is 0 Å². The van der Waals surface area contributed by atoms with E-state index >= 15 is 0 Å². The predicted molar refractivity (Wildman–Crippen MR) is 127 cm³/mol.